The number of piperidine rings is 1. The summed E-state index contributed by atoms with van der Waals surface area (Å²) in [5.41, 5.74) is 7.23. The number of β-amino-alcohol motifs (C(OH)–C–C–N with tert-alkyl or cyclic N) is 1. The highest BCUT2D eigenvalue weighted by Crippen LogP contribution is 2.29. The highest BCUT2D eigenvalue weighted by atomic mass is 16.3. The van der Waals surface area contributed by atoms with Gasteiger partial charge >= 0.3 is 0 Å². The van der Waals surface area contributed by atoms with E-state index in [1.807, 2.05) is 12.1 Å². The third-order valence-electron chi connectivity index (χ3n) is 4.97. The molecule has 0 saturated carbocycles. The van der Waals surface area contributed by atoms with E-state index in [-0.39, 0.29) is 18.9 Å². The molecule has 0 bridgehead atoms. The van der Waals surface area contributed by atoms with Crippen LogP contribution in [0.3, 0.4) is 0 Å². The summed E-state index contributed by atoms with van der Waals surface area (Å²) in [6.45, 7) is 0.794. The molecule has 3 N–H and O–H groups in total. The molecule has 1 saturated heterocycles. The molecule has 2 amide bonds. The second kappa shape index (κ2) is 6.32. The topological polar surface area (TPSA) is 83.6 Å². The highest BCUT2D eigenvalue weighted by molar-refractivity contribution is 5.96. The molecule has 2 aliphatic rings. The van der Waals surface area contributed by atoms with Gasteiger partial charge in [0.2, 0.25) is 5.91 Å². The number of benzene rings is 1. The molecule has 1 aromatic rings. The number of nitrogens with two attached hydrogens (primary N) is 1. The molecule has 1 fully saturated rings. The van der Waals surface area contributed by atoms with E-state index in [0.29, 0.717) is 19.4 Å². The van der Waals surface area contributed by atoms with Gasteiger partial charge in [0.15, 0.2) is 0 Å². The minimum absolute atomic E-state index is 0.0358. The molecule has 1 aliphatic carbocycles. The van der Waals surface area contributed by atoms with E-state index >= 15 is 0 Å². The molecule has 1 unspecified atom stereocenters. The zero-order chi connectivity index (χ0) is 16.4. The Morgan fingerprint density at radius 1 is 1.22 bits per heavy atom. The number of fused-ring (bicyclic) bond motifs is 1. The lowest BCUT2D eigenvalue weighted by atomic mass is 9.86. The third kappa shape index (κ3) is 3.39. The van der Waals surface area contributed by atoms with Gasteiger partial charge in [-0.2, -0.15) is 0 Å². The number of rotatable bonds is 3. The summed E-state index contributed by atoms with van der Waals surface area (Å²) in [5.74, 6) is -0.565. The van der Waals surface area contributed by atoms with Crippen LogP contribution >= 0.6 is 0 Å². The van der Waals surface area contributed by atoms with Crippen LogP contribution in [0, 0.1) is 0 Å². The highest BCUT2D eigenvalue weighted by Gasteiger charge is 2.37. The van der Waals surface area contributed by atoms with Gasteiger partial charge in [-0.15, -0.1) is 0 Å². The molecule has 0 aromatic heterocycles. The number of carbonyl (C=O) groups is 2. The molecule has 23 heavy (non-hydrogen) atoms. The first-order chi connectivity index (χ1) is 11.0. The maximum absolute atomic E-state index is 12.9. The predicted molar refractivity (Wildman–Crippen MR) is 87.0 cm³/mol. The smallest absolute Gasteiger partial charge is 0.254 e. The normalized spacial score (nSPS) is 24.1. The molecule has 1 aliphatic heterocycles. The molecular weight excluding hydrogens is 292 g/mol. The second-order valence-corrected chi connectivity index (χ2v) is 6.85. The Hall–Kier alpha value is -1.88. The number of likely N-dealkylation sites (tertiary alicyclic amines) is 1. The zero-order valence-corrected chi connectivity index (χ0v) is 13.4. The van der Waals surface area contributed by atoms with Crippen LogP contribution in [-0.4, -0.2) is 40.5 Å². The maximum atomic E-state index is 12.9. The summed E-state index contributed by atoms with van der Waals surface area (Å²) in [6, 6.07) is 5.93. The van der Waals surface area contributed by atoms with E-state index in [2.05, 4.69) is 6.07 Å². The van der Waals surface area contributed by atoms with Crippen molar-refractivity contribution < 1.29 is 14.7 Å². The Morgan fingerprint density at radius 3 is 2.78 bits per heavy atom. The van der Waals surface area contributed by atoms with Crippen LogP contribution < -0.4 is 5.73 Å². The molecule has 5 heteroatoms. The van der Waals surface area contributed by atoms with Crippen molar-refractivity contribution in [2.45, 2.75) is 50.5 Å². The maximum Gasteiger partial charge on any atom is 0.254 e. The number of hydrogen-bond donors (Lipinski definition) is 2. The van der Waals surface area contributed by atoms with E-state index < -0.39 is 11.5 Å². The van der Waals surface area contributed by atoms with E-state index in [1.165, 1.54) is 12.0 Å². The van der Waals surface area contributed by atoms with Crippen molar-refractivity contribution in [3.63, 3.8) is 0 Å². The summed E-state index contributed by atoms with van der Waals surface area (Å²) in [7, 11) is 0. The molecular formula is C18H24N2O3. The number of aliphatic hydroxyl groups is 1. The number of amides is 2. The van der Waals surface area contributed by atoms with Crippen molar-refractivity contribution in [1.82, 2.24) is 4.90 Å². The largest absolute Gasteiger partial charge is 0.388 e. The van der Waals surface area contributed by atoms with E-state index in [1.54, 1.807) is 4.90 Å². The standard InChI is InChI=1S/C18H24N2O3/c19-16(21)11-18(23)9-4-10-20(12-18)17(22)15-8-3-6-13-5-1-2-7-14(13)15/h3,6,8,23H,1-2,4-5,7,9-12H2,(H2,19,21). The van der Waals surface area contributed by atoms with E-state index in [0.717, 1.165) is 30.4 Å². The van der Waals surface area contributed by atoms with Crippen molar-refractivity contribution in [3.8, 4) is 0 Å². The van der Waals surface area contributed by atoms with Crippen molar-refractivity contribution in [1.29, 1.82) is 0 Å². The van der Waals surface area contributed by atoms with Gasteiger partial charge in [-0.25, -0.2) is 0 Å². The molecule has 0 radical (unpaired) electrons. The number of aryl methyl sites for hydroxylation is 1. The van der Waals surface area contributed by atoms with Crippen LogP contribution in [-0.2, 0) is 17.6 Å². The van der Waals surface area contributed by atoms with Crippen LogP contribution in [0.2, 0.25) is 0 Å². The minimum atomic E-state index is -1.19. The number of hydrogen-bond acceptors (Lipinski definition) is 3. The van der Waals surface area contributed by atoms with Gasteiger partial charge in [0.05, 0.1) is 18.6 Å². The summed E-state index contributed by atoms with van der Waals surface area (Å²) >= 11 is 0. The van der Waals surface area contributed by atoms with Gasteiger partial charge in [-0.3, -0.25) is 9.59 Å². The first-order valence-electron chi connectivity index (χ1n) is 8.39. The molecule has 1 atom stereocenters. The van der Waals surface area contributed by atoms with Gasteiger partial charge in [-0.1, -0.05) is 12.1 Å². The molecule has 124 valence electrons. The third-order valence-corrected chi connectivity index (χ3v) is 4.97. The van der Waals surface area contributed by atoms with Crippen LogP contribution in [0.25, 0.3) is 0 Å². The first-order valence-corrected chi connectivity index (χ1v) is 8.39. The predicted octanol–water partition coefficient (Wildman–Crippen LogP) is 1.41. The molecule has 5 nitrogen and oxygen atoms in total. The van der Waals surface area contributed by atoms with E-state index in [9.17, 15) is 14.7 Å². The SMILES string of the molecule is NC(=O)CC1(O)CCCN(C(=O)c2cccc3c2CCCC3)C1. The van der Waals surface area contributed by atoms with Crippen molar-refractivity contribution in [2.75, 3.05) is 13.1 Å². The van der Waals surface area contributed by atoms with Crippen LogP contribution in [0.5, 0.6) is 0 Å². The van der Waals surface area contributed by atoms with Crippen LogP contribution in [0.15, 0.2) is 18.2 Å². The quantitative estimate of drug-likeness (QED) is 0.884. The molecule has 0 spiro atoms. The van der Waals surface area contributed by atoms with Gasteiger partial charge in [0, 0.05) is 12.1 Å². The average Bonchev–Trinajstić information content (AvgIpc) is 2.52. The van der Waals surface area contributed by atoms with Crippen molar-refractivity contribution >= 4 is 11.8 Å². The fourth-order valence-corrected chi connectivity index (χ4v) is 3.91. The Kier molecular flexibility index (Phi) is 4.39. The van der Waals surface area contributed by atoms with Gasteiger partial charge in [0.25, 0.3) is 5.91 Å². The fraction of sp³-hybridized carbons (Fsp3) is 0.556. The van der Waals surface area contributed by atoms with Crippen LogP contribution in [0.1, 0.15) is 53.6 Å². The number of nitrogens with zero attached hydrogens (tertiary/aromatic N) is 1. The average molecular weight is 316 g/mol. The number of primary amides is 1. The zero-order valence-electron chi connectivity index (χ0n) is 13.4. The second-order valence-electron chi connectivity index (χ2n) is 6.85. The van der Waals surface area contributed by atoms with Gasteiger partial charge in [-0.05, 0) is 55.7 Å². The Morgan fingerprint density at radius 2 is 2.00 bits per heavy atom. The van der Waals surface area contributed by atoms with E-state index in [4.69, 9.17) is 5.73 Å². The van der Waals surface area contributed by atoms with Gasteiger partial charge < -0.3 is 15.7 Å². The fourth-order valence-electron chi connectivity index (χ4n) is 3.91. The summed E-state index contributed by atoms with van der Waals surface area (Å²) in [6.07, 6.45) is 5.36. The summed E-state index contributed by atoms with van der Waals surface area (Å²) < 4.78 is 0. The summed E-state index contributed by atoms with van der Waals surface area (Å²) in [5, 5.41) is 10.6. The minimum Gasteiger partial charge on any atom is -0.388 e. The lowest BCUT2D eigenvalue weighted by Crippen LogP contribution is -2.52. The molecule has 3 rings (SSSR count). The summed E-state index contributed by atoms with van der Waals surface area (Å²) in [4.78, 5) is 25.8. The van der Waals surface area contributed by atoms with Crippen LogP contribution in [0.4, 0.5) is 0 Å². The lowest BCUT2D eigenvalue weighted by molar-refractivity contribution is -0.125. The molecule has 1 aromatic carbocycles. The lowest BCUT2D eigenvalue weighted by Gasteiger charge is -2.39. The van der Waals surface area contributed by atoms with Gasteiger partial charge in [0.1, 0.15) is 0 Å². The Balaban J connectivity index is 1.82. The van der Waals surface area contributed by atoms with Crippen molar-refractivity contribution in [2.24, 2.45) is 5.73 Å². The molecule has 1 heterocycles. The number of carbonyl (C=O) groups excluding carboxylic acids is 2. The van der Waals surface area contributed by atoms with Crippen molar-refractivity contribution in [3.05, 3.63) is 34.9 Å². The monoisotopic (exact) mass is 316 g/mol. The first kappa shape index (κ1) is 16.0. The Labute approximate surface area is 136 Å². The Bertz CT molecular complexity index is 629.